The van der Waals surface area contributed by atoms with Crippen molar-refractivity contribution < 1.29 is 9.60 Å². The van der Waals surface area contributed by atoms with Gasteiger partial charge in [0, 0.05) is 5.56 Å². The summed E-state index contributed by atoms with van der Waals surface area (Å²) in [6, 6.07) is 4.70. The second-order valence-electron chi connectivity index (χ2n) is 4.41. The van der Waals surface area contributed by atoms with Crippen LogP contribution in [-0.4, -0.2) is 20.8 Å². The summed E-state index contributed by atoms with van der Waals surface area (Å²) in [6.07, 6.45) is 0. The Morgan fingerprint density at radius 1 is 1.50 bits per heavy atom. The molecule has 3 N–H and O–H groups in total. The predicted octanol–water partition coefficient (Wildman–Crippen LogP) is 2.44. The SMILES string of the molecule is Cc1nn(Cc2cccc(/C(N)=N/O)c2F)c(C)c1Cl. The van der Waals surface area contributed by atoms with Gasteiger partial charge in [-0.3, -0.25) is 4.68 Å². The van der Waals surface area contributed by atoms with Crippen molar-refractivity contribution >= 4 is 17.4 Å². The molecule has 1 heterocycles. The molecule has 0 amide bonds. The first-order valence-electron chi connectivity index (χ1n) is 5.90. The van der Waals surface area contributed by atoms with Crippen molar-refractivity contribution in [3.63, 3.8) is 0 Å². The highest BCUT2D eigenvalue weighted by Crippen LogP contribution is 2.21. The average Bonchev–Trinajstić information content (AvgIpc) is 2.68. The number of nitrogens with zero attached hydrogens (tertiary/aromatic N) is 3. The van der Waals surface area contributed by atoms with Gasteiger partial charge in [-0.05, 0) is 19.9 Å². The summed E-state index contributed by atoms with van der Waals surface area (Å²) < 4.78 is 15.9. The van der Waals surface area contributed by atoms with E-state index >= 15 is 0 Å². The van der Waals surface area contributed by atoms with E-state index < -0.39 is 5.82 Å². The molecule has 0 aliphatic carbocycles. The molecule has 0 saturated heterocycles. The molecule has 0 aliphatic rings. The quantitative estimate of drug-likeness (QED) is 0.395. The Morgan fingerprint density at radius 3 is 2.75 bits per heavy atom. The van der Waals surface area contributed by atoms with Crippen molar-refractivity contribution in [2.75, 3.05) is 0 Å². The van der Waals surface area contributed by atoms with E-state index in [-0.39, 0.29) is 17.9 Å². The van der Waals surface area contributed by atoms with Crippen LogP contribution in [0.15, 0.2) is 23.4 Å². The summed E-state index contributed by atoms with van der Waals surface area (Å²) in [7, 11) is 0. The molecule has 0 saturated carbocycles. The number of nitrogens with two attached hydrogens (primary N) is 1. The Hall–Kier alpha value is -2.08. The molecule has 0 fully saturated rings. The van der Waals surface area contributed by atoms with E-state index in [2.05, 4.69) is 10.3 Å². The third kappa shape index (κ3) is 2.46. The fraction of sp³-hybridized carbons (Fsp3) is 0.231. The van der Waals surface area contributed by atoms with Gasteiger partial charge in [0.2, 0.25) is 0 Å². The number of aromatic nitrogens is 2. The van der Waals surface area contributed by atoms with E-state index in [1.54, 1.807) is 23.7 Å². The molecule has 0 radical (unpaired) electrons. The second-order valence-corrected chi connectivity index (χ2v) is 4.78. The van der Waals surface area contributed by atoms with Gasteiger partial charge in [0.25, 0.3) is 0 Å². The van der Waals surface area contributed by atoms with E-state index in [0.717, 1.165) is 5.69 Å². The lowest BCUT2D eigenvalue weighted by atomic mass is 10.1. The smallest absolute Gasteiger partial charge is 0.173 e. The summed E-state index contributed by atoms with van der Waals surface area (Å²) in [5.74, 6) is -0.803. The van der Waals surface area contributed by atoms with Crippen LogP contribution in [0.25, 0.3) is 0 Å². The van der Waals surface area contributed by atoms with Crippen molar-refractivity contribution in [1.82, 2.24) is 9.78 Å². The fourth-order valence-electron chi connectivity index (χ4n) is 1.94. The number of halogens is 2. The van der Waals surface area contributed by atoms with Crippen LogP contribution in [0.2, 0.25) is 5.02 Å². The minimum Gasteiger partial charge on any atom is -0.409 e. The standard InChI is InChI=1S/C13H14ClFN4O/c1-7-11(14)8(2)19(17-7)6-9-4-3-5-10(12(9)15)13(16)18-20/h3-5,20H,6H2,1-2H3,(H2,16,18). The van der Waals surface area contributed by atoms with Gasteiger partial charge in [0.1, 0.15) is 5.82 Å². The Kier molecular flexibility index (Phi) is 3.94. The zero-order valence-electron chi connectivity index (χ0n) is 11.1. The van der Waals surface area contributed by atoms with Gasteiger partial charge < -0.3 is 10.9 Å². The van der Waals surface area contributed by atoms with Crippen LogP contribution in [0, 0.1) is 19.7 Å². The number of hydrogen-bond acceptors (Lipinski definition) is 3. The molecule has 20 heavy (non-hydrogen) atoms. The molecule has 0 bridgehead atoms. The molecule has 0 unspecified atom stereocenters. The van der Waals surface area contributed by atoms with Crippen LogP contribution in [-0.2, 0) is 6.54 Å². The molecule has 5 nitrogen and oxygen atoms in total. The number of rotatable bonds is 3. The van der Waals surface area contributed by atoms with Gasteiger partial charge in [-0.25, -0.2) is 4.39 Å². The summed E-state index contributed by atoms with van der Waals surface area (Å²) >= 11 is 6.06. The molecule has 0 spiro atoms. The average molecular weight is 297 g/mol. The van der Waals surface area contributed by atoms with E-state index in [1.807, 2.05) is 6.92 Å². The fourth-order valence-corrected chi connectivity index (χ4v) is 2.08. The molecule has 2 aromatic rings. The van der Waals surface area contributed by atoms with Crippen LogP contribution in [0.5, 0.6) is 0 Å². The second kappa shape index (κ2) is 5.50. The Morgan fingerprint density at radius 2 is 2.20 bits per heavy atom. The summed E-state index contributed by atoms with van der Waals surface area (Å²) in [6.45, 7) is 3.82. The first-order valence-corrected chi connectivity index (χ1v) is 6.28. The highest BCUT2D eigenvalue weighted by atomic mass is 35.5. The van der Waals surface area contributed by atoms with Gasteiger partial charge in [0.05, 0.1) is 28.5 Å². The largest absolute Gasteiger partial charge is 0.409 e. The van der Waals surface area contributed by atoms with E-state index in [0.29, 0.717) is 16.3 Å². The van der Waals surface area contributed by atoms with Crippen LogP contribution < -0.4 is 5.73 Å². The summed E-state index contributed by atoms with van der Waals surface area (Å²) in [5, 5.41) is 16.3. The Labute approximate surface area is 120 Å². The van der Waals surface area contributed by atoms with E-state index in [9.17, 15) is 4.39 Å². The maximum atomic E-state index is 14.3. The maximum Gasteiger partial charge on any atom is 0.173 e. The number of aryl methyl sites for hydroxylation is 1. The molecular formula is C13H14ClFN4O. The van der Waals surface area contributed by atoms with Crippen molar-refractivity contribution in [3.8, 4) is 0 Å². The topological polar surface area (TPSA) is 76.4 Å². The van der Waals surface area contributed by atoms with Gasteiger partial charge in [-0.15, -0.1) is 0 Å². The van der Waals surface area contributed by atoms with E-state index in [4.69, 9.17) is 22.5 Å². The van der Waals surface area contributed by atoms with Gasteiger partial charge in [-0.1, -0.05) is 28.9 Å². The molecular weight excluding hydrogens is 283 g/mol. The Balaban J connectivity index is 2.42. The van der Waals surface area contributed by atoms with Crippen LogP contribution in [0.1, 0.15) is 22.5 Å². The third-order valence-electron chi connectivity index (χ3n) is 3.08. The van der Waals surface area contributed by atoms with Crippen molar-refractivity contribution in [2.24, 2.45) is 10.9 Å². The lowest BCUT2D eigenvalue weighted by Crippen LogP contribution is -2.17. The van der Waals surface area contributed by atoms with Crippen molar-refractivity contribution in [1.29, 1.82) is 0 Å². The Bertz CT molecular complexity index is 681. The third-order valence-corrected chi connectivity index (χ3v) is 3.62. The van der Waals surface area contributed by atoms with Crippen LogP contribution >= 0.6 is 11.6 Å². The maximum absolute atomic E-state index is 14.3. The molecule has 1 aromatic carbocycles. The predicted molar refractivity (Wildman–Crippen MR) is 74.7 cm³/mol. The highest BCUT2D eigenvalue weighted by Gasteiger charge is 2.14. The van der Waals surface area contributed by atoms with E-state index in [1.165, 1.54) is 6.07 Å². The highest BCUT2D eigenvalue weighted by molar-refractivity contribution is 6.31. The minimum atomic E-state index is -0.536. The molecule has 2 rings (SSSR count). The van der Waals surface area contributed by atoms with Gasteiger partial charge in [0.15, 0.2) is 5.84 Å². The number of oxime groups is 1. The zero-order valence-corrected chi connectivity index (χ0v) is 11.8. The zero-order chi connectivity index (χ0) is 14.9. The normalized spacial score (nSPS) is 11.9. The minimum absolute atomic E-state index is 0.0534. The van der Waals surface area contributed by atoms with Crippen molar-refractivity contribution in [2.45, 2.75) is 20.4 Å². The number of benzene rings is 1. The summed E-state index contributed by atoms with van der Waals surface area (Å²) in [5.41, 5.74) is 7.32. The molecule has 0 aliphatic heterocycles. The molecule has 106 valence electrons. The molecule has 7 heteroatoms. The molecule has 0 atom stereocenters. The van der Waals surface area contributed by atoms with Crippen LogP contribution in [0.4, 0.5) is 4.39 Å². The van der Waals surface area contributed by atoms with Crippen molar-refractivity contribution in [3.05, 3.63) is 51.6 Å². The number of amidine groups is 1. The molecule has 1 aromatic heterocycles. The lowest BCUT2D eigenvalue weighted by molar-refractivity contribution is 0.318. The lowest BCUT2D eigenvalue weighted by Gasteiger charge is -2.09. The first-order chi connectivity index (χ1) is 9.45. The van der Waals surface area contributed by atoms with Gasteiger partial charge in [-0.2, -0.15) is 5.10 Å². The van der Waals surface area contributed by atoms with Crippen LogP contribution in [0.3, 0.4) is 0 Å². The monoisotopic (exact) mass is 296 g/mol. The van der Waals surface area contributed by atoms with Gasteiger partial charge >= 0.3 is 0 Å². The number of hydrogen-bond donors (Lipinski definition) is 2. The summed E-state index contributed by atoms with van der Waals surface area (Å²) in [4.78, 5) is 0. The first kappa shape index (κ1) is 14.3.